The van der Waals surface area contributed by atoms with Crippen LogP contribution in [0.4, 0.5) is 0 Å². The summed E-state index contributed by atoms with van der Waals surface area (Å²) in [5.41, 5.74) is 1.69. The van der Waals surface area contributed by atoms with Crippen LogP contribution in [0.2, 0.25) is 0 Å². The van der Waals surface area contributed by atoms with E-state index in [2.05, 4.69) is 4.72 Å². The smallest absolute Gasteiger partial charge is 0.322 e. The van der Waals surface area contributed by atoms with E-state index in [-0.39, 0.29) is 11.3 Å². The maximum Gasteiger partial charge on any atom is 0.322 e. The van der Waals surface area contributed by atoms with Crippen LogP contribution < -0.4 is 4.72 Å². The minimum Gasteiger partial charge on any atom is -0.480 e. The Morgan fingerprint density at radius 3 is 2.28 bits per heavy atom. The van der Waals surface area contributed by atoms with Gasteiger partial charge in [0.2, 0.25) is 10.0 Å². The molecule has 0 aliphatic carbocycles. The number of carboxylic acid groups (broad SMARTS) is 1. The number of benzene rings is 2. The molecule has 0 saturated carbocycles. The third-order valence-electron chi connectivity index (χ3n) is 3.71. The fraction of sp³-hybridized carbons (Fsp3) is 0.278. The lowest BCUT2D eigenvalue weighted by Crippen LogP contribution is -2.42. The lowest BCUT2D eigenvalue weighted by molar-refractivity contribution is -0.138. The first kappa shape index (κ1) is 19.1. The molecule has 0 spiro atoms. The summed E-state index contributed by atoms with van der Waals surface area (Å²) >= 11 is 0. The van der Waals surface area contributed by atoms with Crippen molar-refractivity contribution in [1.82, 2.24) is 4.72 Å². The van der Waals surface area contributed by atoms with Crippen molar-refractivity contribution in [3.05, 3.63) is 65.7 Å². The summed E-state index contributed by atoms with van der Waals surface area (Å²) < 4.78 is 32.2. The van der Waals surface area contributed by atoms with Crippen molar-refractivity contribution in [2.24, 2.45) is 0 Å². The second-order valence-corrected chi connectivity index (χ2v) is 7.30. The molecule has 0 aromatic heterocycles. The standard InChI is InChI=1S/C18H21NO5S/c1-24-12-11-14-7-9-16(10-8-14)25(22,23)19-17(18(20)21)13-15-5-3-2-4-6-15/h2-10,17,19H,11-13H2,1H3,(H,20,21)/t17-/m0/s1. The number of methoxy groups -OCH3 is 1. The van der Waals surface area contributed by atoms with Gasteiger partial charge in [0.25, 0.3) is 0 Å². The van der Waals surface area contributed by atoms with E-state index in [0.29, 0.717) is 13.0 Å². The Hall–Kier alpha value is -2.22. The summed E-state index contributed by atoms with van der Waals surface area (Å²) in [5.74, 6) is -1.22. The summed E-state index contributed by atoms with van der Waals surface area (Å²) in [7, 11) is -2.33. The van der Waals surface area contributed by atoms with Gasteiger partial charge in [-0.3, -0.25) is 4.79 Å². The molecule has 25 heavy (non-hydrogen) atoms. The molecule has 2 N–H and O–H groups in total. The SMILES string of the molecule is COCCc1ccc(S(=O)(=O)N[C@@H](Cc2ccccc2)C(=O)O)cc1. The number of carboxylic acids is 1. The molecule has 0 radical (unpaired) electrons. The van der Waals surface area contributed by atoms with Crippen molar-refractivity contribution in [3.8, 4) is 0 Å². The molecule has 6 nitrogen and oxygen atoms in total. The van der Waals surface area contributed by atoms with Crippen LogP contribution in [-0.4, -0.2) is 39.3 Å². The third-order valence-corrected chi connectivity index (χ3v) is 5.19. The number of hydrogen-bond donors (Lipinski definition) is 2. The second-order valence-electron chi connectivity index (χ2n) is 5.59. The van der Waals surface area contributed by atoms with Gasteiger partial charge in [-0.1, -0.05) is 42.5 Å². The molecule has 0 bridgehead atoms. The highest BCUT2D eigenvalue weighted by molar-refractivity contribution is 7.89. The van der Waals surface area contributed by atoms with E-state index in [1.165, 1.54) is 12.1 Å². The second kappa shape index (κ2) is 8.75. The van der Waals surface area contributed by atoms with Crippen molar-refractivity contribution in [3.63, 3.8) is 0 Å². The van der Waals surface area contributed by atoms with Crippen LogP contribution in [0.1, 0.15) is 11.1 Å². The zero-order valence-corrected chi connectivity index (χ0v) is 14.7. The topological polar surface area (TPSA) is 92.7 Å². The highest BCUT2D eigenvalue weighted by atomic mass is 32.2. The van der Waals surface area contributed by atoms with E-state index in [1.807, 2.05) is 6.07 Å². The van der Waals surface area contributed by atoms with Crippen LogP contribution >= 0.6 is 0 Å². The van der Waals surface area contributed by atoms with E-state index in [1.54, 1.807) is 43.5 Å². The predicted molar refractivity (Wildman–Crippen MR) is 93.9 cm³/mol. The molecule has 2 aromatic rings. The van der Waals surface area contributed by atoms with Gasteiger partial charge in [-0.05, 0) is 36.1 Å². The number of sulfonamides is 1. The van der Waals surface area contributed by atoms with Gasteiger partial charge in [-0.15, -0.1) is 0 Å². The fourth-order valence-corrected chi connectivity index (χ4v) is 3.53. The summed E-state index contributed by atoms with van der Waals surface area (Å²) in [6, 6.07) is 14.0. The normalized spacial score (nSPS) is 12.7. The number of aliphatic carboxylic acids is 1. The molecule has 7 heteroatoms. The number of hydrogen-bond acceptors (Lipinski definition) is 4. The quantitative estimate of drug-likeness (QED) is 0.709. The Kier molecular flexibility index (Phi) is 6.69. The Morgan fingerprint density at radius 1 is 1.08 bits per heavy atom. The van der Waals surface area contributed by atoms with Gasteiger partial charge in [0.1, 0.15) is 6.04 Å². The van der Waals surface area contributed by atoms with E-state index in [0.717, 1.165) is 11.1 Å². The summed E-state index contributed by atoms with van der Waals surface area (Å²) in [6.45, 7) is 0.544. The summed E-state index contributed by atoms with van der Waals surface area (Å²) in [4.78, 5) is 11.5. The van der Waals surface area contributed by atoms with Gasteiger partial charge in [0, 0.05) is 7.11 Å². The first-order valence-corrected chi connectivity index (χ1v) is 9.27. The predicted octanol–water partition coefficient (Wildman–Crippen LogP) is 1.85. The Balaban J connectivity index is 2.12. The average molecular weight is 363 g/mol. The largest absolute Gasteiger partial charge is 0.480 e. The van der Waals surface area contributed by atoms with E-state index >= 15 is 0 Å². The molecule has 0 unspecified atom stereocenters. The first-order chi connectivity index (χ1) is 11.9. The van der Waals surface area contributed by atoms with Gasteiger partial charge in [-0.2, -0.15) is 4.72 Å². The number of nitrogens with one attached hydrogen (secondary N) is 1. The summed E-state index contributed by atoms with van der Waals surface area (Å²) in [6.07, 6.45) is 0.747. The molecular weight excluding hydrogens is 342 g/mol. The average Bonchev–Trinajstić information content (AvgIpc) is 2.60. The molecule has 2 aromatic carbocycles. The van der Waals surface area contributed by atoms with Gasteiger partial charge >= 0.3 is 5.97 Å². The maximum absolute atomic E-state index is 12.5. The van der Waals surface area contributed by atoms with Crippen LogP contribution in [0.5, 0.6) is 0 Å². The molecule has 0 aliphatic rings. The van der Waals surface area contributed by atoms with Crippen molar-refractivity contribution >= 4 is 16.0 Å². The summed E-state index contributed by atoms with van der Waals surface area (Å²) in [5, 5.41) is 9.35. The third kappa shape index (κ3) is 5.67. The minimum absolute atomic E-state index is 0.0352. The first-order valence-electron chi connectivity index (χ1n) is 7.79. The number of carbonyl (C=O) groups is 1. The van der Waals surface area contributed by atoms with Crippen LogP contribution in [0.25, 0.3) is 0 Å². The molecule has 134 valence electrons. The van der Waals surface area contributed by atoms with Crippen LogP contribution in [0, 0.1) is 0 Å². The van der Waals surface area contributed by atoms with Crippen LogP contribution in [0.3, 0.4) is 0 Å². The van der Waals surface area contributed by atoms with Crippen molar-refractivity contribution in [2.75, 3.05) is 13.7 Å². The van der Waals surface area contributed by atoms with Crippen molar-refractivity contribution in [2.45, 2.75) is 23.8 Å². The zero-order chi connectivity index (χ0) is 18.3. The minimum atomic E-state index is -3.92. The lowest BCUT2D eigenvalue weighted by atomic mass is 10.1. The van der Waals surface area contributed by atoms with E-state index in [4.69, 9.17) is 4.74 Å². The van der Waals surface area contributed by atoms with Gasteiger partial charge in [0.05, 0.1) is 11.5 Å². The molecular formula is C18H21NO5S. The zero-order valence-electron chi connectivity index (χ0n) is 13.9. The maximum atomic E-state index is 12.5. The highest BCUT2D eigenvalue weighted by Gasteiger charge is 2.25. The van der Waals surface area contributed by atoms with Crippen LogP contribution in [-0.2, 0) is 32.4 Å². The Morgan fingerprint density at radius 2 is 1.72 bits per heavy atom. The van der Waals surface area contributed by atoms with Crippen LogP contribution in [0.15, 0.2) is 59.5 Å². The fourth-order valence-electron chi connectivity index (χ4n) is 2.34. The highest BCUT2D eigenvalue weighted by Crippen LogP contribution is 2.13. The van der Waals surface area contributed by atoms with Gasteiger partial charge in [-0.25, -0.2) is 8.42 Å². The number of rotatable bonds is 9. The molecule has 0 saturated heterocycles. The van der Waals surface area contributed by atoms with Gasteiger partial charge in [0.15, 0.2) is 0 Å². The van der Waals surface area contributed by atoms with Crippen molar-refractivity contribution < 1.29 is 23.1 Å². The van der Waals surface area contributed by atoms with E-state index < -0.39 is 22.0 Å². The van der Waals surface area contributed by atoms with Gasteiger partial charge < -0.3 is 9.84 Å². The molecule has 0 aliphatic heterocycles. The molecule has 1 atom stereocenters. The lowest BCUT2D eigenvalue weighted by Gasteiger charge is -2.15. The molecule has 0 fully saturated rings. The molecule has 0 heterocycles. The van der Waals surface area contributed by atoms with E-state index in [9.17, 15) is 18.3 Å². The van der Waals surface area contributed by atoms with Crippen molar-refractivity contribution in [1.29, 1.82) is 0 Å². The Bertz CT molecular complexity index is 788. The monoisotopic (exact) mass is 363 g/mol. The molecule has 0 amide bonds. The Labute approximate surface area is 147 Å². The molecule has 2 rings (SSSR count). The number of ether oxygens (including phenoxy) is 1.